The molecular weight excluding hydrogens is 190 g/mol. The number of ketones is 1. The van der Waals surface area contributed by atoms with Gasteiger partial charge in [0.1, 0.15) is 6.10 Å². The van der Waals surface area contributed by atoms with Gasteiger partial charge in [0, 0.05) is 25.4 Å². The smallest absolute Gasteiger partial charge is 0.166 e. The number of aromatic nitrogens is 1. The molecule has 2 heterocycles. The van der Waals surface area contributed by atoms with E-state index < -0.39 is 0 Å². The molecule has 3 heteroatoms. The molecule has 0 aliphatic carbocycles. The van der Waals surface area contributed by atoms with Gasteiger partial charge >= 0.3 is 0 Å². The molecule has 1 aromatic rings. The lowest BCUT2D eigenvalue weighted by molar-refractivity contribution is -0.128. The van der Waals surface area contributed by atoms with E-state index in [1.807, 2.05) is 12.1 Å². The second-order valence-electron chi connectivity index (χ2n) is 4.06. The molecule has 0 aromatic carbocycles. The molecule has 3 nitrogen and oxygen atoms in total. The highest BCUT2D eigenvalue weighted by Crippen LogP contribution is 2.21. The van der Waals surface area contributed by atoms with Crippen molar-refractivity contribution in [1.29, 1.82) is 0 Å². The number of rotatable bonds is 3. The van der Waals surface area contributed by atoms with E-state index in [0.29, 0.717) is 18.9 Å². The zero-order valence-electron chi connectivity index (χ0n) is 8.85. The van der Waals surface area contributed by atoms with Crippen LogP contribution in [0.25, 0.3) is 0 Å². The molecule has 0 radical (unpaired) electrons. The molecule has 1 fully saturated rings. The minimum Gasteiger partial charge on any atom is -0.370 e. The number of nitrogens with zero attached hydrogens (tertiary/aromatic N) is 1. The first-order chi connectivity index (χ1) is 7.27. The fourth-order valence-corrected chi connectivity index (χ4v) is 1.91. The summed E-state index contributed by atoms with van der Waals surface area (Å²) in [6, 6.07) is 3.77. The van der Waals surface area contributed by atoms with Crippen LogP contribution >= 0.6 is 0 Å². The molecule has 0 bridgehead atoms. The highest BCUT2D eigenvalue weighted by molar-refractivity contribution is 5.85. The third-order valence-corrected chi connectivity index (χ3v) is 2.81. The average molecular weight is 205 g/mol. The molecule has 80 valence electrons. The third kappa shape index (κ3) is 2.42. The van der Waals surface area contributed by atoms with Crippen molar-refractivity contribution in [2.45, 2.75) is 25.9 Å². The van der Waals surface area contributed by atoms with Crippen molar-refractivity contribution in [3.8, 4) is 0 Å². The molecule has 1 aliphatic heterocycles. The van der Waals surface area contributed by atoms with Gasteiger partial charge in [-0.15, -0.1) is 0 Å². The van der Waals surface area contributed by atoms with Gasteiger partial charge < -0.3 is 4.74 Å². The topological polar surface area (TPSA) is 39.2 Å². The van der Waals surface area contributed by atoms with E-state index >= 15 is 0 Å². The number of carbonyl (C=O) groups is 1. The molecule has 15 heavy (non-hydrogen) atoms. The SMILES string of the molecule is CC1CCOC1C(=O)Cc1cccnc1. The van der Waals surface area contributed by atoms with Gasteiger partial charge in [0.15, 0.2) is 5.78 Å². The Balaban J connectivity index is 1.98. The summed E-state index contributed by atoms with van der Waals surface area (Å²) in [5, 5.41) is 0. The van der Waals surface area contributed by atoms with Crippen LogP contribution in [0.5, 0.6) is 0 Å². The quantitative estimate of drug-likeness (QED) is 0.752. The van der Waals surface area contributed by atoms with Gasteiger partial charge in [-0.3, -0.25) is 9.78 Å². The molecule has 2 rings (SSSR count). The Morgan fingerprint density at radius 2 is 2.53 bits per heavy atom. The van der Waals surface area contributed by atoms with E-state index in [2.05, 4.69) is 11.9 Å². The Morgan fingerprint density at radius 3 is 3.13 bits per heavy atom. The molecular formula is C12H15NO2. The largest absolute Gasteiger partial charge is 0.370 e. The molecule has 0 saturated carbocycles. The second kappa shape index (κ2) is 4.53. The fourth-order valence-electron chi connectivity index (χ4n) is 1.91. The first-order valence-electron chi connectivity index (χ1n) is 5.30. The van der Waals surface area contributed by atoms with Crippen LogP contribution in [0.1, 0.15) is 18.9 Å². The Bertz CT molecular complexity index is 337. The van der Waals surface area contributed by atoms with Crippen molar-refractivity contribution in [3.05, 3.63) is 30.1 Å². The van der Waals surface area contributed by atoms with Crippen molar-refractivity contribution in [2.24, 2.45) is 5.92 Å². The van der Waals surface area contributed by atoms with Crippen LogP contribution in [0.15, 0.2) is 24.5 Å². The minimum absolute atomic E-state index is 0.174. The maximum atomic E-state index is 11.9. The summed E-state index contributed by atoms with van der Waals surface area (Å²) in [4.78, 5) is 15.9. The van der Waals surface area contributed by atoms with Crippen molar-refractivity contribution < 1.29 is 9.53 Å². The van der Waals surface area contributed by atoms with Crippen LogP contribution in [0.2, 0.25) is 0 Å². The first-order valence-corrected chi connectivity index (χ1v) is 5.30. The van der Waals surface area contributed by atoms with Gasteiger partial charge in [-0.2, -0.15) is 0 Å². The Morgan fingerprint density at radius 1 is 1.67 bits per heavy atom. The highest BCUT2D eigenvalue weighted by Gasteiger charge is 2.30. The van der Waals surface area contributed by atoms with Gasteiger partial charge in [-0.1, -0.05) is 13.0 Å². The van der Waals surface area contributed by atoms with Crippen LogP contribution in [0, 0.1) is 5.92 Å². The van der Waals surface area contributed by atoms with Crippen molar-refractivity contribution >= 4 is 5.78 Å². The summed E-state index contributed by atoms with van der Waals surface area (Å²) in [5.41, 5.74) is 0.963. The van der Waals surface area contributed by atoms with Gasteiger partial charge in [-0.25, -0.2) is 0 Å². The summed E-state index contributed by atoms with van der Waals surface area (Å²) in [6.45, 7) is 2.78. The summed E-state index contributed by atoms with van der Waals surface area (Å²) in [5.74, 6) is 0.530. The summed E-state index contributed by atoms with van der Waals surface area (Å²) in [7, 11) is 0. The van der Waals surface area contributed by atoms with E-state index in [1.54, 1.807) is 12.4 Å². The number of hydrogen-bond acceptors (Lipinski definition) is 3. The van der Waals surface area contributed by atoms with Crippen molar-refractivity contribution in [3.63, 3.8) is 0 Å². The molecule has 0 spiro atoms. The normalized spacial score (nSPS) is 25.4. The Labute approximate surface area is 89.5 Å². The molecule has 1 aromatic heterocycles. The van der Waals surface area contributed by atoms with Gasteiger partial charge in [-0.05, 0) is 24.0 Å². The van der Waals surface area contributed by atoms with Crippen LogP contribution in [0.4, 0.5) is 0 Å². The van der Waals surface area contributed by atoms with E-state index in [-0.39, 0.29) is 11.9 Å². The minimum atomic E-state index is -0.204. The molecule has 0 amide bonds. The van der Waals surface area contributed by atoms with Crippen LogP contribution in [0.3, 0.4) is 0 Å². The average Bonchev–Trinajstić information content (AvgIpc) is 2.66. The molecule has 0 N–H and O–H groups in total. The molecule has 1 aliphatic rings. The lowest BCUT2D eigenvalue weighted by Crippen LogP contribution is -2.26. The first kappa shape index (κ1) is 10.3. The van der Waals surface area contributed by atoms with Gasteiger partial charge in [0.25, 0.3) is 0 Å². The number of Topliss-reactive ketones (excluding diaryl/α,β-unsaturated/α-hetero) is 1. The molecule has 2 atom stereocenters. The van der Waals surface area contributed by atoms with Crippen molar-refractivity contribution in [1.82, 2.24) is 4.98 Å². The van der Waals surface area contributed by atoms with E-state index in [4.69, 9.17) is 4.74 Å². The van der Waals surface area contributed by atoms with Gasteiger partial charge in [0.2, 0.25) is 0 Å². The van der Waals surface area contributed by atoms with Gasteiger partial charge in [0.05, 0.1) is 0 Å². The zero-order chi connectivity index (χ0) is 10.7. The lowest BCUT2D eigenvalue weighted by Gasteiger charge is -2.12. The zero-order valence-corrected chi connectivity index (χ0v) is 8.85. The fraction of sp³-hybridized carbons (Fsp3) is 0.500. The Hall–Kier alpha value is -1.22. The predicted molar refractivity (Wildman–Crippen MR) is 56.5 cm³/mol. The summed E-state index contributed by atoms with van der Waals surface area (Å²) < 4.78 is 5.43. The maximum Gasteiger partial charge on any atom is 0.166 e. The summed E-state index contributed by atoms with van der Waals surface area (Å²) >= 11 is 0. The number of carbonyl (C=O) groups excluding carboxylic acids is 1. The summed E-state index contributed by atoms with van der Waals surface area (Å²) in [6.07, 6.45) is 4.66. The van der Waals surface area contributed by atoms with Crippen LogP contribution < -0.4 is 0 Å². The standard InChI is InChI=1S/C12H15NO2/c1-9-4-6-15-12(9)11(14)7-10-3-2-5-13-8-10/h2-3,5,8-9,12H,4,6-7H2,1H3. The maximum absolute atomic E-state index is 11.9. The van der Waals surface area contributed by atoms with Crippen LogP contribution in [-0.2, 0) is 16.0 Å². The monoisotopic (exact) mass is 205 g/mol. The highest BCUT2D eigenvalue weighted by atomic mass is 16.5. The van der Waals surface area contributed by atoms with E-state index in [0.717, 1.165) is 12.0 Å². The van der Waals surface area contributed by atoms with Crippen molar-refractivity contribution in [2.75, 3.05) is 6.61 Å². The third-order valence-electron chi connectivity index (χ3n) is 2.81. The molecule has 2 unspecified atom stereocenters. The molecule has 1 saturated heterocycles. The van der Waals surface area contributed by atoms with E-state index in [1.165, 1.54) is 0 Å². The lowest BCUT2D eigenvalue weighted by atomic mass is 9.97. The van der Waals surface area contributed by atoms with Crippen LogP contribution in [-0.4, -0.2) is 23.5 Å². The van der Waals surface area contributed by atoms with E-state index in [9.17, 15) is 4.79 Å². The number of hydrogen-bond donors (Lipinski definition) is 0. The second-order valence-corrected chi connectivity index (χ2v) is 4.06. The number of ether oxygens (including phenoxy) is 1. The number of pyridine rings is 1. The predicted octanol–water partition coefficient (Wildman–Crippen LogP) is 1.62. The Kier molecular flexibility index (Phi) is 3.11.